The predicted octanol–water partition coefficient (Wildman–Crippen LogP) is 3.43. The van der Waals surface area contributed by atoms with Crippen molar-refractivity contribution in [1.82, 2.24) is 9.55 Å². The van der Waals surface area contributed by atoms with Crippen LogP contribution in [0.25, 0.3) is 10.9 Å². The summed E-state index contributed by atoms with van der Waals surface area (Å²) in [5, 5.41) is 0.615. The molecule has 0 saturated heterocycles. The number of aromatic nitrogens is 2. The number of methoxy groups -OCH3 is 1. The van der Waals surface area contributed by atoms with Gasteiger partial charge in [0.15, 0.2) is 5.16 Å². The lowest BCUT2D eigenvalue weighted by atomic mass is 9.99. The van der Waals surface area contributed by atoms with Gasteiger partial charge in [0.2, 0.25) is 0 Å². The molecular formula is C21H20N2O5S. The maximum absolute atomic E-state index is 13.2. The van der Waals surface area contributed by atoms with E-state index in [4.69, 9.17) is 9.15 Å². The molecular weight excluding hydrogens is 392 g/mol. The molecule has 2 heterocycles. The Balaban J connectivity index is 1.82. The van der Waals surface area contributed by atoms with Crippen molar-refractivity contribution in [3.63, 3.8) is 0 Å². The number of fused-ring (bicyclic) bond motifs is 1. The fourth-order valence-corrected chi connectivity index (χ4v) is 4.65. The van der Waals surface area contributed by atoms with Crippen LogP contribution in [0.15, 0.2) is 51.0 Å². The van der Waals surface area contributed by atoms with Crippen LogP contribution in [0.3, 0.4) is 0 Å². The van der Waals surface area contributed by atoms with Crippen molar-refractivity contribution in [2.45, 2.75) is 42.6 Å². The maximum Gasteiger partial charge on any atom is 0.337 e. The van der Waals surface area contributed by atoms with Gasteiger partial charge < -0.3 is 9.15 Å². The minimum Gasteiger partial charge on any atom is -0.467 e. The van der Waals surface area contributed by atoms with E-state index in [0.29, 0.717) is 33.8 Å². The number of furan rings is 1. The summed E-state index contributed by atoms with van der Waals surface area (Å²) in [5.74, 6) is 0.310. The van der Waals surface area contributed by atoms with E-state index in [9.17, 15) is 14.4 Å². The van der Waals surface area contributed by atoms with E-state index < -0.39 is 5.97 Å². The van der Waals surface area contributed by atoms with Crippen LogP contribution in [0.2, 0.25) is 0 Å². The fourth-order valence-electron chi connectivity index (χ4n) is 3.44. The molecule has 0 unspecified atom stereocenters. The molecule has 1 aliphatic rings. The van der Waals surface area contributed by atoms with Crippen LogP contribution in [0, 0.1) is 0 Å². The number of rotatable bonds is 5. The standard InChI is InChI=1S/C21H20N2O5S/c1-27-20(26)13-8-9-15-16(11-13)22-21(29-18-7-3-2-6-17(18)24)23(19(15)25)12-14-5-4-10-28-14/h4-5,8-11,18H,2-3,6-7,12H2,1H3/t18-/m0/s1. The van der Waals surface area contributed by atoms with E-state index in [2.05, 4.69) is 4.98 Å². The Morgan fingerprint density at radius 3 is 2.90 bits per heavy atom. The predicted molar refractivity (Wildman–Crippen MR) is 108 cm³/mol. The molecule has 1 atom stereocenters. The van der Waals surface area contributed by atoms with Crippen LogP contribution in [0.1, 0.15) is 41.8 Å². The number of nitrogens with zero attached hydrogens (tertiary/aromatic N) is 2. The molecule has 0 amide bonds. The molecule has 0 spiro atoms. The molecule has 4 rings (SSSR count). The first kappa shape index (κ1) is 19.4. The highest BCUT2D eigenvalue weighted by molar-refractivity contribution is 8.00. The van der Waals surface area contributed by atoms with Gasteiger partial charge in [0.25, 0.3) is 5.56 Å². The van der Waals surface area contributed by atoms with Crippen molar-refractivity contribution >= 4 is 34.4 Å². The summed E-state index contributed by atoms with van der Waals surface area (Å²) in [4.78, 5) is 42.1. The van der Waals surface area contributed by atoms with Gasteiger partial charge in [0.05, 0.1) is 41.6 Å². The Labute approximate surface area is 171 Å². The second-order valence-electron chi connectivity index (χ2n) is 6.91. The number of thioether (sulfide) groups is 1. The van der Waals surface area contributed by atoms with Crippen molar-refractivity contribution in [2.24, 2.45) is 0 Å². The second-order valence-corrected chi connectivity index (χ2v) is 8.08. The van der Waals surface area contributed by atoms with Gasteiger partial charge in [-0.3, -0.25) is 14.2 Å². The smallest absolute Gasteiger partial charge is 0.337 e. The van der Waals surface area contributed by atoms with Crippen LogP contribution in [-0.4, -0.2) is 33.7 Å². The maximum atomic E-state index is 13.2. The van der Waals surface area contributed by atoms with Gasteiger partial charge >= 0.3 is 5.97 Å². The third-order valence-corrected chi connectivity index (χ3v) is 6.29. The van der Waals surface area contributed by atoms with Gasteiger partial charge in [0.1, 0.15) is 11.5 Å². The number of carbonyl (C=O) groups excluding carboxylic acids is 2. The van der Waals surface area contributed by atoms with Gasteiger partial charge in [-0.05, 0) is 43.2 Å². The Hall–Kier alpha value is -2.87. The summed E-state index contributed by atoms with van der Waals surface area (Å²) in [5.41, 5.74) is 0.480. The topological polar surface area (TPSA) is 91.4 Å². The highest BCUT2D eigenvalue weighted by Gasteiger charge is 2.26. The molecule has 1 fully saturated rings. The lowest BCUT2D eigenvalue weighted by molar-refractivity contribution is -0.119. The Bertz CT molecular complexity index is 1120. The highest BCUT2D eigenvalue weighted by atomic mass is 32.2. The van der Waals surface area contributed by atoms with Gasteiger partial charge in [-0.25, -0.2) is 9.78 Å². The van der Waals surface area contributed by atoms with Crippen LogP contribution in [-0.2, 0) is 16.1 Å². The summed E-state index contributed by atoms with van der Waals surface area (Å²) in [7, 11) is 1.30. The lowest BCUT2D eigenvalue weighted by Crippen LogP contribution is -2.27. The quantitative estimate of drug-likeness (QED) is 0.468. The molecule has 1 aliphatic carbocycles. The Morgan fingerprint density at radius 1 is 1.31 bits per heavy atom. The molecule has 2 aromatic heterocycles. The summed E-state index contributed by atoms with van der Waals surface area (Å²) in [6.45, 7) is 0.219. The Morgan fingerprint density at radius 2 is 2.17 bits per heavy atom. The average molecular weight is 412 g/mol. The summed E-state index contributed by atoms with van der Waals surface area (Å²) >= 11 is 1.31. The SMILES string of the molecule is COC(=O)c1ccc2c(=O)n(Cc3ccco3)c(S[C@H]3CCCCC3=O)nc2c1. The van der Waals surface area contributed by atoms with Crippen molar-refractivity contribution < 1.29 is 18.7 Å². The first-order chi connectivity index (χ1) is 14.1. The number of Topliss-reactive ketones (excluding diaryl/α,β-unsaturated/α-hetero) is 1. The van der Waals surface area contributed by atoms with Gasteiger partial charge in [-0.2, -0.15) is 0 Å². The monoisotopic (exact) mass is 412 g/mol. The van der Waals surface area contributed by atoms with E-state index in [1.54, 1.807) is 36.6 Å². The molecule has 29 heavy (non-hydrogen) atoms. The molecule has 0 radical (unpaired) electrons. The van der Waals surface area contributed by atoms with Crippen molar-refractivity contribution in [1.29, 1.82) is 0 Å². The molecule has 7 nitrogen and oxygen atoms in total. The minimum absolute atomic E-state index is 0.184. The van der Waals surface area contributed by atoms with Crippen LogP contribution in [0.5, 0.6) is 0 Å². The number of ether oxygens (including phenoxy) is 1. The van der Waals surface area contributed by atoms with Crippen molar-refractivity contribution in [2.75, 3.05) is 7.11 Å². The van der Waals surface area contributed by atoms with Crippen molar-refractivity contribution in [3.05, 3.63) is 58.3 Å². The van der Waals surface area contributed by atoms with E-state index in [1.807, 2.05) is 0 Å². The molecule has 8 heteroatoms. The summed E-state index contributed by atoms with van der Waals surface area (Å²) in [6.07, 6.45) is 4.75. The van der Waals surface area contributed by atoms with E-state index in [-0.39, 0.29) is 23.1 Å². The molecule has 0 bridgehead atoms. The number of benzene rings is 1. The third kappa shape index (κ3) is 3.98. The lowest BCUT2D eigenvalue weighted by Gasteiger charge is -2.21. The molecule has 0 N–H and O–H groups in total. The number of ketones is 1. The molecule has 150 valence electrons. The van der Waals surface area contributed by atoms with Crippen LogP contribution < -0.4 is 5.56 Å². The first-order valence-corrected chi connectivity index (χ1v) is 10.3. The van der Waals surface area contributed by atoms with E-state index >= 15 is 0 Å². The van der Waals surface area contributed by atoms with Crippen LogP contribution >= 0.6 is 11.8 Å². The normalized spacial score (nSPS) is 16.9. The van der Waals surface area contributed by atoms with Crippen LogP contribution in [0.4, 0.5) is 0 Å². The fraction of sp³-hybridized carbons (Fsp3) is 0.333. The minimum atomic E-state index is -0.495. The first-order valence-electron chi connectivity index (χ1n) is 9.41. The number of hydrogen-bond donors (Lipinski definition) is 0. The zero-order chi connectivity index (χ0) is 20.4. The second kappa shape index (κ2) is 8.24. The Kier molecular flexibility index (Phi) is 5.53. The third-order valence-electron chi connectivity index (χ3n) is 4.98. The van der Waals surface area contributed by atoms with Gasteiger partial charge in [0, 0.05) is 6.42 Å². The number of carbonyl (C=O) groups is 2. The largest absolute Gasteiger partial charge is 0.467 e. The van der Waals surface area contributed by atoms with E-state index in [0.717, 1.165) is 19.3 Å². The highest BCUT2D eigenvalue weighted by Crippen LogP contribution is 2.31. The zero-order valence-corrected chi connectivity index (χ0v) is 16.7. The molecule has 1 saturated carbocycles. The molecule has 1 aromatic carbocycles. The summed E-state index contributed by atoms with van der Waals surface area (Å²) in [6, 6.07) is 8.22. The summed E-state index contributed by atoms with van der Waals surface area (Å²) < 4.78 is 11.7. The van der Waals surface area contributed by atoms with E-state index in [1.165, 1.54) is 23.4 Å². The van der Waals surface area contributed by atoms with Crippen molar-refractivity contribution in [3.8, 4) is 0 Å². The zero-order valence-electron chi connectivity index (χ0n) is 15.9. The molecule has 0 aliphatic heterocycles. The number of esters is 1. The number of hydrogen-bond acceptors (Lipinski definition) is 7. The molecule has 3 aromatic rings. The van der Waals surface area contributed by atoms with Gasteiger partial charge in [-0.1, -0.05) is 18.2 Å². The van der Waals surface area contributed by atoms with Gasteiger partial charge in [-0.15, -0.1) is 0 Å². The average Bonchev–Trinajstić information content (AvgIpc) is 3.25.